The van der Waals surface area contributed by atoms with E-state index in [2.05, 4.69) is 4.98 Å². The normalized spacial score (nSPS) is 17.9. The molecule has 1 fully saturated rings. The predicted octanol–water partition coefficient (Wildman–Crippen LogP) is 1.60. The first kappa shape index (κ1) is 15.4. The number of rotatable bonds is 7. The predicted molar refractivity (Wildman–Crippen MR) is 72.8 cm³/mol. The van der Waals surface area contributed by atoms with Crippen LogP contribution in [0.5, 0.6) is 0 Å². The summed E-state index contributed by atoms with van der Waals surface area (Å²) in [4.78, 5) is 25.8. The Hall–Kier alpha value is -1.96. The fourth-order valence-electron chi connectivity index (χ4n) is 2.35. The molecular formula is C13H19N3O5. The summed E-state index contributed by atoms with van der Waals surface area (Å²) in [6.07, 6.45) is 4.39. The van der Waals surface area contributed by atoms with Crippen molar-refractivity contribution < 1.29 is 19.2 Å². The topological polar surface area (TPSA) is 96.5 Å². The van der Waals surface area contributed by atoms with Crippen molar-refractivity contribution in [2.45, 2.75) is 45.3 Å². The summed E-state index contributed by atoms with van der Waals surface area (Å²) in [5.41, 5.74) is 0. The number of nitrogens with zero attached hydrogens (tertiary/aromatic N) is 3. The molecule has 1 aromatic heterocycles. The smallest absolute Gasteiger partial charge is 0.342 e. The lowest BCUT2D eigenvalue weighted by atomic mass is 10.1. The summed E-state index contributed by atoms with van der Waals surface area (Å²) in [5.74, 6) is 0.130. The van der Waals surface area contributed by atoms with Crippen LogP contribution >= 0.6 is 0 Å². The Balaban J connectivity index is 1.72. The number of nitro groups is 1. The van der Waals surface area contributed by atoms with E-state index in [-0.39, 0.29) is 31.0 Å². The molecule has 0 radical (unpaired) electrons. The second-order valence-electron chi connectivity index (χ2n) is 4.97. The Morgan fingerprint density at radius 3 is 3.14 bits per heavy atom. The average molecular weight is 297 g/mol. The molecule has 8 nitrogen and oxygen atoms in total. The molecule has 1 aliphatic rings. The maximum atomic E-state index is 11.6. The first-order valence-electron chi connectivity index (χ1n) is 7.01. The molecule has 0 bridgehead atoms. The van der Waals surface area contributed by atoms with Crippen molar-refractivity contribution in [3.8, 4) is 0 Å². The van der Waals surface area contributed by atoms with Gasteiger partial charge < -0.3 is 19.6 Å². The summed E-state index contributed by atoms with van der Waals surface area (Å²) >= 11 is 0. The third-order valence-electron chi connectivity index (χ3n) is 3.49. The molecule has 1 saturated heterocycles. The minimum atomic E-state index is -0.501. The SMILES string of the molecule is Cc1ncc([N+](=O)[O-])n1CCOC(=O)CCC1CCCO1. The van der Waals surface area contributed by atoms with Gasteiger partial charge in [-0.15, -0.1) is 0 Å². The van der Waals surface area contributed by atoms with Crippen LogP contribution in [0.1, 0.15) is 31.5 Å². The molecule has 0 amide bonds. The zero-order valence-electron chi connectivity index (χ0n) is 12.0. The van der Waals surface area contributed by atoms with Crippen molar-refractivity contribution in [1.82, 2.24) is 9.55 Å². The molecule has 2 heterocycles. The van der Waals surface area contributed by atoms with Gasteiger partial charge in [0.25, 0.3) is 0 Å². The van der Waals surface area contributed by atoms with Gasteiger partial charge in [-0.05, 0) is 24.2 Å². The van der Waals surface area contributed by atoms with Crippen LogP contribution in [0.4, 0.5) is 5.82 Å². The van der Waals surface area contributed by atoms with Gasteiger partial charge in [0.05, 0.1) is 6.10 Å². The number of aromatic nitrogens is 2. The standard InChI is InChI=1S/C13H19N3O5/c1-10-14-9-12(16(18)19)15(10)6-8-21-13(17)5-4-11-3-2-7-20-11/h9,11H,2-8H2,1H3. The van der Waals surface area contributed by atoms with Gasteiger partial charge in [-0.25, -0.2) is 9.55 Å². The quantitative estimate of drug-likeness (QED) is 0.431. The molecule has 0 aliphatic carbocycles. The van der Waals surface area contributed by atoms with E-state index in [0.717, 1.165) is 19.4 Å². The van der Waals surface area contributed by atoms with Crippen molar-refractivity contribution >= 4 is 11.8 Å². The zero-order valence-corrected chi connectivity index (χ0v) is 12.0. The minimum Gasteiger partial charge on any atom is -0.461 e. The van der Waals surface area contributed by atoms with Crippen molar-refractivity contribution in [2.24, 2.45) is 0 Å². The van der Waals surface area contributed by atoms with Gasteiger partial charge in [-0.2, -0.15) is 0 Å². The largest absolute Gasteiger partial charge is 0.461 e. The molecule has 116 valence electrons. The van der Waals surface area contributed by atoms with Crippen molar-refractivity contribution in [2.75, 3.05) is 13.2 Å². The number of carbonyl (C=O) groups excluding carboxylic acids is 1. The third kappa shape index (κ3) is 4.25. The summed E-state index contributed by atoms with van der Waals surface area (Å²) in [6, 6.07) is 0. The fourth-order valence-corrected chi connectivity index (χ4v) is 2.35. The highest BCUT2D eigenvalue weighted by Gasteiger charge is 2.19. The fraction of sp³-hybridized carbons (Fsp3) is 0.692. The molecule has 0 N–H and O–H groups in total. The van der Waals surface area contributed by atoms with Crippen LogP contribution in [0.25, 0.3) is 0 Å². The summed E-state index contributed by atoms with van der Waals surface area (Å²) < 4.78 is 12.0. The van der Waals surface area contributed by atoms with Gasteiger partial charge in [0.15, 0.2) is 5.82 Å². The van der Waals surface area contributed by atoms with Gasteiger partial charge in [0, 0.05) is 20.0 Å². The van der Waals surface area contributed by atoms with E-state index >= 15 is 0 Å². The Kier molecular flexibility index (Phi) is 5.26. The van der Waals surface area contributed by atoms with E-state index in [1.165, 1.54) is 10.8 Å². The van der Waals surface area contributed by atoms with Gasteiger partial charge in [0.1, 0.15) is 19.3 Å². The van der Waals surface area contributed by atoms with Gasteiger partial charge in [-0.3, -0.25) is 4.79 Å². The number of carbonyl (C=O) groups is 1. The van der Waals surface area contributed by atoms with Crippen LogP contribution < -0.4 is 0 Å². The Labute approximate surface area is 122 Å². The molecule has 1 unspecified atom stereocenters. The lowest BCUT2D eigenvalue weighted by molar-refractivity contribution is -0.392. The maximum absolute atomic E-state index is 11.6. The van der Waals surface area contributed by atoms with Crippen LogP contribution in [-0.4, -0.2) is 39.8 Å². The van der Waals surface area contributed by atoms with E-state index in [0.29, 0.717) is 18.7 Å². The second-order valence-corrected chi connectivity index (χ2v) is 4.97. The van der Waals surface area contributed by atoms with E-state index < -0.39 is 4.92 Å². The average Bonchev–Trinajstić information content (AvgIpc) is 3.07. The molecule has 0 aromatic carbocycles. The van der Waals surface area contributed by atoms with Crippen molar-refractivity contribution in [3.63, 3.8) is 0 Å². The molecule has 8 heteroatoms. The van der Waals surface area contributed by atoms with E-state index in [1.54, 1.807) is 6.92 Å². The highest BCUT2D eigenvalue weighted by atomic mass is 16.6. The van der Waals surface area contributed by atoms with Crippen LogP contribution in [0.2, 0.25) is 0 Å². The monoisotopic (exact) mass is 297 g/mol. The third-order valence-corrected chi connectivity index (χ3v) is 3.49. The summed E-state index contributed by atoms with van der Waals surface area (Å²) in [6.45, 7) is 2.77. The number of imidazole rings is 1. The number of hydrogen-bond acceptors (Lipinski definition) is 6. The van der Waals surface area contributed by atoms with Crippen LogP contribution in [0.15, 0.2) is 6.20 Å². The van der Waals surface area contributed by atoms with Crippen molar-refractivity contribution in [3.05, 3.63) is 22.1 Å². The molecular weight excluding hydrogens is 278 g/mol. The molecule has 1 aromatic rings. The van der Waals surface area contributed by atoms with Crippen LogP contribution in [0, 0.1) is 17.0 Å². The molecule has 21 heavy (non-hydrogen) atoms. The molecule has 2 rings (SSSR count). The molecule has 0 spiro atoms. The highest BCUT2D eigenvalue weighted by molar-refractivity contribution is 5.69. The zero-order chi connectivity index (χ0) is 15.2. The first-order valence-corrected chi connectivity index (χ1v) is 7.01. The Bertz CT molecular complexity index is 508. The second kappa shape index (κ2) is 7.16. The lowest BCUT2D eigenvalue weighted by Crippen LogP contribution is -2.15. The van der Waals surface area contributed by atoms with Gasteiger partial charge in [-0.1, -0.05) is 0 Å². The summed E-state index contributed by atoms with van der Waals surface area (Å²) in [5, 5.41) is 10.8. The number of hydrogen-bond donors (Lipinski definition) is 0. The first-order chi connectivity index (χ1) is 10.1. The van der Waals surface area contributed by atoms with Gasteiger partial charge >= 0.3 is 11.8 Å². The molecule has 1 aliphatic heterocycles. The number of esters is 1. The lowest BCUT2D eigenvalue weighted by Gasteiger charge is -2.09. The minimum absolute atomic E-state index is 0.0945. The number of ether oxygens (including phenoxy) is 2. The summed E-state index contributed by atoms with van der Waals surface area (Å²) in [7, 11) is 0. The Morgan fingerprint density at radius 1 is 1.67 bits per heavy atom. The molecule has 1 atom stereocenters. The highest BCUT2D eigenvalue weighted by Crippen LogP contribution is 2.17. The number of aryl methyl sites for hydroxylation is 1. The van der Waals surface area contributed by atoms with Gasteiger partial charge in [0.2, 0.25) is 0 Å². The van der Waals surface area contributed by atoms with E-state index in [1.807, 2.05) is 0 Å². The van der Waals surface area contributed by atoms with E-state index in [9.17, 15) is 14.9 Å². The molecule has 0 saturated carbocycles. The van der Waals surface area contributed by atoms with Crippen molar-refractivity contribution in [1.29, 1.82) is 0 Å². The van der Waals surface area contributed by atoms with Crippen LogP contribution in [-0.2, 0) is 20.8 Å². The Morgan fingerprint density at radius 2 is 2.48 bits per heavy atom. The van der Waals surface area contributed by atoms with E-state index in [4.69, 9.17) is 9.47 Å². The van der Waals surface area contributed by atoms with Crippen LogP contribution in [0.3, 0.4) is 0 Å². The maximum Gasteiger partial charge on any atom is 0.342 e.